The van der Waals surface area contributed by atoms with Crippen LogP contribution in [0.4, 0.5) is 5.69 Å². The molecular weight excluding hydrogens is 550 g/mol. The molecular formula is C29H33N3O10. The van der Waals surface area contributed by atoms with Crippen molar-refractivity contribution in [2.45, 2.75) is 13.0 Å². The third-order valence-electron chi connectivity index (χ3n) is 6.17. The van der Waals surface area contributed by atoms with Crippen LogP contribution in [0.1, 0.15) is 6.92 Å². The molecule has 4 rings (SSSR count). The van der Waals surface area contributed by atoms with E-state index in [1.54, 1.807) is 0 Å². The Balaban J connectivity index is 0.000000434. The predicted octanol–water partition coefficient (Wildman–Crippen LogP) is 2.17. The van der Waals surface area contributed by atoms with Gasteiger partial charge in [-0.3, -0.25) is 14.6 Å². The number of carboxylic acid groups (broad SMARTS) is 4. The molecule has 3 aromatic rings. The third-order valence-corrected chi connectivity index (χ3v) is 6.17. The molecule has 3 aromatic carbocycles. The molecule has 0 radical (unpaired) electrons. The predicted molar refractivity (Wildman–Crippen MR) is 153 cm³/mol. The smallest absolute Gasteiger partial charge is 0.414 e. The van der Waals surface area contributed by atoms with Crippen LogP contribution in [-0.2, 0) is 24.0 Å². The Morgan fingerprint density at radius 1 is 0.738 bits per heavy atom. The highest BCUT2D eigenvalue weighted by Gasteiger charge is 2.25. The Morgan fingerprint density at radius 3 is 1.83 bits per heavy atom. The zero-order valence-corrected chi connectivity index (χ0v) is 22.9. The molecule has 42 heavy (non-hydrogen) atoms. The molecule has 0 saturated carbocycles. The second-order valence-electron chi connectivity index (χ2n) is 8.95. The first-order chi connectivity index (χ1) is 20.0. The molecule has 0 aromatic heterocycles. The van der Waals surface area contributed by atoms with Crippen LogP contribution in [0.5, 0.6) is 5.75 Å². The van der Waals surface area contributed by atoms with Crippen LogP contribution in [-0.4, -0.2) is 105 Å². The standard InChI is InChI=1S/C25H29N3O2.2C2H2O4/c1-20(25(29)26-24-13-7-9-21-8-5-6-12-23(21)24)28-16-14-27(15-17-28)18-19-30-22-10-3-2-4-11-22;2*3-1(4)2(5)6/h2-13,20H,14-19H2,1H3,(H,26,29);2*(H,3,4)(H,5,6). The number of carbonyl (C=O) groups is 5. The average Bonchev–Trinajstić information content (AvgIpc) is 2.98. The number of piperazine rings is 1. The Labute approximate surface area is 241 Å². The van der Waals surface area contributed by atoms with E-state index in [1.807, 2.05) is 67.6 Å². The van der Waals surface area contributed by atoms with E-state index < -0.39 is 23.9 Å². The molecule has 1 heterocycles. The van der Waals surface area contributed by atoms with Crippen LogP contribution in [0, 0.1) is 0 Å². The van der Waals surface area contributed by atoms with Gasteiger partial charge in [0.05, 0.1) is 6.04 Å². The number of carboxylic acids is 4. The van der Waals surface area contributed by atoms with Crippen LogP contribution in [0.15, 0.2) is 72.8 Å². The van der Waals surface area contributed by atoms with Crippen molar-refractivity contribution < 1.29 is 49.1 Å². The summed E-state index contributed by atoms with van der Waals surface area (Å²) < 4.78 is 5.80. The number of ether oxygens (including phenoxy) is 1. The Bertz CT molecular complexity index is 1300. The van der Waals surface area contributed by atoms with Crippen LogP contribution in [0.3, 0.4) is 0 Å². The molecule has 5 N–H and O–H groups in total. The summed E-state index contributed by atoms with van der Waals surface area (Å²) in [6.07, 6.45) is 0. The molecule has 224 valence electrons. The van der Waals surface area contributed by atoms with Gasteiger partial charge in [0, 0.05) is 43.8 Å². The van der Waals surface area contributed by atoms with Crippen molar-refractivity contribution in [2.75, 3.05) is 44.6 Å². The first-order valence-electron chi connectivity index (χ1n) is 12.8. The van der Waals surface area contributed by atoms with E-state index in [9.17, 15) is 4.79 Å². The number of hydrogen-bond acceptors (Lipinski definition) is 8. The fourth-order valence-electron chi connectivity index (χ4n) is 3.92. The third kappa shape index (κ3) is 11.2. The summed E-state index contributed by atoms with van der Waals surface area (Å²) in [5.41, 5.74) is 0.877. The number of benzene rings is 3. The van der Waals surface area contributed by atoms with Crippen molar-refractivity contribution in [3.8, 4) is 5.75 Å². The van der Waals surface area contributed by atoms with Crippen molar-refractivity contribution in [2.24, 2.45) is 0 Å². The summed E-state index contributed by atoms with van der Waals surface area (Å²) in [5.74, 6) is -6.34. The summed E-state index contributed by atoms with van der Waals surface area (Å²) in [6, 6.07) is 23.9. The maximum atomic E-state index is 12.9. The number of para-hydroxylation sites is 1. The van der Waals surface area contributed by atoms with E-state index in [0.717, 1.165) is 54.9 Å². The fourth-order valence-corrected chi connectivity index (χ4v) is 3.92. The maximum Gasteiger partial charge on any atom is 0.414 e. The van der Waals surface area contributed by atoms with Gasteiger partial charge < -0.3 is 30.5 Å². The van der Waals surface area contributed by atoms with Crippen LogP contribution >= 0.6 is 0 Å². The quantitative estimate of drug-likeness (QED) is 0.255. The largest absolute Gasteiger partial charge is 0.492 e. The van der Waals surface area contributed by atoms with Gasteiger partial charge in [-0.2, -0.15) is 0 Å². The van der Waals surface area contributed by atoms with Gasteiger partial charge in [0.1, 0.15) is 12.4 Å². The van der Waals surface area contributed by atoms with Crippen molar-refractivity contribution in [3.05, 3.63) is 72.8 Å². The van der Waals surface area contributed by atoms with Crippen LogP contribution < -0.4 is 10.1 Å². The molecule has 13 heteroatoms. The average molecular weight is 584 g/mol. The minimum Gasteiger partial charge on any atom is -0.492 e. The zero-order valence-electron chi connectivity index (χ0n) is 22.9. The van der Waals surface area contributed by atoms with Gasteiger partial charge in [-0.25, -0.2) is 19.2 Å². The van der Waals surface area contributed by atoms with Gasteiger partial charge in [-0.15, -0.1) is 0 Å². The Kier molecular flexibility index (Phi) is 13.4. The molecule has 0 bridgehead atoms. The highest BCUT2D eigenvalue weighted by Crippen LogP contribution is 2.23. The molecule has 1 atom stereocenters. The van der Waals surface area contributed by atoms with E-state index in [-0.39, 0.29) is 11.9 Å². The highest BCUT2D eigenvalue weighted by molar-refractivity contribution is 6.27. The van der Waals surface area contributed by atoms with Crippen molar-refractivity contribution in [3.63, 3.8) is 0 Å². The molecule has 0 spiro atoms. The number of amides is 1. The first-order valence-corrected chi connectivity index (χ1v) is 12.8. The van der Waals surface area contributed by atoms with Crippen LogP contribution in [0.2, 0.25) is 0 Å². The van der Waals surface area contributed by atoms with E-state index in [2.05, 4.69) is 27.2 Å². The van der Waals surface area contributed by atoms with Gasteiger partial charge in [-0.1, -0.05) is 54.6 Å². The molecule has 1 unspecified atom stereocenters. The number of nitrogens with one attached hydrogen (secondary N) is 1. The zero-order chi connectivity index (χ0) is 31.1. The molecule has 13 nitrogen and oxygen atoms in total. The number of rotatable bonds is 7. The molecule has 1 aliphatic rings. The Hall–Kier alpha value is -5.01. The van der Waals surface area contributed by atoms with Crippen molar-refractivity contribution in [1.82, 2.24) is 9.80 Å². The minimum absolute atomic E-state index is 0.0483. The van der Waals surface area contributed by atoms with Crippen molar-refractivity contribution >= 4 is 46.2 Å². The lowest BCUT2D eigenvalue weighted by atomic mass is 10.1. The van der Waals surface area contributed by atoms with E-state index in [0.29, 0.717) is 6.61 Å². The first kappa shape index (κ1) is 33.2. The van der Waals surface area contributed by atoms with E-state index in [4.69, 9.17) is 44.3 Å². The van der Waals surface area contributed by atoms with Crippen molar-refractivity contribution in [1.29, 1.82) is 0 Å². The SMILES string of the molecule is CC(C(=O)Nc1cccc2ccccc12)N1CCN(CCOc2ccccc2)CC1.O=C(O)C(=O)O.O=C(O)C(=O)O. The lowest BCUT2D eigenvalue weighted by molar-refractivity contribution is -0.159. The number of hydrogen-bond donors (Lipinski definition) is 5. The Morgan fingerprint density at radius 2 is 1.26 bits per heavy atom. The van der Waals surface area contributed by atoms with Gasteiger partial charge in [0.15, 0.2) is 0 Å². The number of aliphatic carboxylic acids is 4. The molecule has 0 aliphatic carbocycles. The summed E-state index contributed by atoms with van der Waals surface area (Å²) in [4.78, 5) is 53.9. The second-order valence-corrected chi connectivity index (χ2v) is 8.95. The summed E-state index contributed by atoms with van der Waals surface area (Å²) >= 11 is 0. The molecule has 1 saturated heterocycles. The van der Waals surface area contributed by atoms with E-state index in [1.165, 1.54) is 0 Å². The lowest BCUT2D eigenvalue weighted by Crippen LogP contribution is -2.53. The number of nitrogens with zero attached hydrogens (tertiary/aromatic N) is 2. The monoisotopic (exact) mass is 583 g/mol. The molecule has 1 fully saturated rings. The summed E-state index contributed by atoms with van der Waals surface area (Å²) in [5, 5.41) is 34.9. The summed E-state index contributed by atoms with van der Waals surface area (Å²) in [6.45, 7) is 7.24. The second kappa shape index (κ2) is 16.9. The normalized spacial score (nSPS) is 13.7. The molecule has 1 amide bonds. The highest BCUT2D eigenvalue weighted by atomic mass is 16.5. The van der Waals surface area contributed by atoms with Gasteiger partial charge in [0.25, 0.3) is 0 Å². The minimum atomic E-state index is -1.82. The topological polar surface area (TPSA) is 194 Å². The van der Waals surface area contributed by atoms with Gasteiger partial charge in [-0.05, 0) is 30.5 Å². The van der Waals surface area contributed by atoms with Crippen LogP contribution in [0.25, 0.3) is 10.8 Å². The van der Waals surface area contributed by atoms with E-state index >= 15 is 0 Å². The number of fused-ring (bicyclic) bond motifs is 1. The lowest BCUT2D eigenvalue weighted by Gasteiger charge is -2.37. The summed E-state index contributed by atoms with van der Waals surface area (Å²) in [7, 11) is 0. The van der Waals surface area contributed by atoms with Gasteiger partial charge in [0.2, 0.25) is 5.91 Å². The van der Waals surface area contributed by atoms with Gasteiger partial charge >= 0.3 is 23.9 Å². The molecule has 1 aliphatic heterocycles. The fraction of sp³-hybridized carbons (Fsp3) is 0.276. The maximum absolute atomic E-state index is 12.9. The number of anilines is 1. The number of carbonyl (C=O) groups excluding carboxylic acids is 1.